The van der Waals surface area contributed by atoms with Gasteiger partial charge in [0.15, 0.2) is 13.1 Å². The summed E-state index contributed by atoms with van der Waals surface area (Å²) >= 11 is 0. The van der Waals surface area contributed by atoms with Crippen LogP contribution in [0, 0.1) is 19.8 Å². The minimum Gasteiger partial charge on any atom is -0.335 e. The van der Waals surface area contributed by atoms with E-state index in [9.17, 15) is 9.59 Å². The van der Waals surface area contributed by atoms with E-state index in [0.29, 0.717) is 25.0 Å². The first-order valence-electron chi connectivity index (χ1n) is 12.3. The molecule has 6 nitrogen and oxygen atoms in total. The highest BCUT2D eigenvalue weighted by molar-refractivity contribution is 5.93. The molecule has 3 N–H and O–H groups in total. The van der Waals surface area contributed by atoms with Crippen LogP contribution in [0.5, 0.6) is 0 Å². The quantitative estimate of drug-likeness (QED) is 0.628. The highest BCUT2D eigenvalue weighted by Crippen LogP contribution is 2.35. The number of likely N-dealkylation sites (tertiary alicyclic amines) is 1. The number of benzene rings is 1. The van der Waals surface area contributed by atoms with Crippen molar-refractivity contribution < 1.29 is 19.4 Å². The van der Waals surface area contributed by atoms with E-state index in [2.05, 4.69) is 10.2 Å². The number of piperidine rings is 1. The first-order valence-corrected chi connectivity index (χ1v) is 12.3. The normalized spacial score (nSPS) is 28.6. The lowest BCUT2D eigenvalue weighted by atomic mass is 9.78. The van der Waals surface area contributed by atoms with Gasteiger partial charge in [0, 0.05) is 18.3 Å². The third-order valence-corrected chi connectivity index (χ3v) is 7.79. The molecule has 170 valence electrons. The molecule has 1 aromatic rings. The highest BCUT2D eigenvalue weighted by atomic mass is 16.2. The fourth-order valence-corrected chi connectivity index (χ4v) is 5.98. The van der Waals surface area contributed by atoms with E-state index in [4.69, 9.17) is 0 Å². The van der Waals surface area contributed by atoms with Crippen molar-refractivity contribution in [3.8, 4) is 0 Å². The summed E-state index contributed by atoms with van der Waals surface area (Å²) in [4.78, 5) is 30.6. The van der Waals surface area contributed by atoms with E-state index in [0.717, 1.165) is 55.5 Å². The topological polar surface area (TPSA) is 58.3 Å². The summed E-state index contributed by atoms with van der Waals surface area (Å²) in [6.45, 7) is 10.0. The maximum absolute atomic E-state index is 13.1. The van der Waals surface area contributed by atoms with Gasteiger partial charge in [-0.25, -0.2) is 0 Å². The van der Waals surface area contributed by atoms with Gasteiger partial charge in [0.2, 0.25) is 0 Å². The molecule has 0 aromatic heterocycles. The summed E-state index contributed by atoms with van der Waals surface area (Å²) in [5, 5.41) is 3.11. The minimum absolute atomic E-state index is 0.0867. The zero-order chi connectivity index (χ0) is 21.8. The second kappa shape index (κ2) is 10.1. The molecule has 0 radical (unpaired) electrons. The Labute approximate surface area is 187 Å². The number of carbonyl (C=O) groups is 2. The van der Waals surface area contributed by atoms with Crippen molar-refractivity contribution in [3.05, 3.63) is 29.3 Å². The number of anilines is 1. The van der Waals surface area contributed by atoms with Gasteiger partial charge in [-0.15, -0.1) is 0 Å². The molecule has 2 atom stereocenters. The van der Waals surface area contributed by atoms with Gasteiger partial charge < -0.3 is 20.0 Å². The Morgan fingerprint density at radius 1 is 0.935 bits per heavy atom. The SMILES string of the molecule is Cc1cccc(C)c1NC(=O)C[NH+]1CC[NH+](CC(=O)N2CCC[C@H]3CCCC[C@H]32)CC1. The van der Waals surface area contributed by atoms with Gasteiger partial charge in [0.25, 0.3) is 11.8 Å². The van der Waals surface area contributed by atoms with Crippen molar-refractivity contribution >= 4 is 17.5 Å². The van der Waals surface area contributed by atoms with Crippen LogP contribution in [0.15, 0.2) is 18.2 Å². The van der Waals surface area contributed by atoms with Crippen molar-refractivity contribution in [2.24, 2.45) is 5.92 Å². The minimum atomic E-state index is 0.0867. The Morgan fingerprint density at radius 3 is 2.26 bits per heavy atom. The Bertz CT molecular complexity index is 765. The summed E-state index contributed by atoms with van der Waals surface area (Å²) in [5.41, 5.74) is 3.16. The Hall–Kier alpha value is -1.92. The van der Waals surface area contributed by atoms with Gasteiger partial charge >= 0.3 is 0 Å². The molecule has 1 saturated carbocycles. The largest absolute Gasteiger partial charge is 0.335 e. The van der Waals surface area contributed by atoms with Crippen molar-refractivity contribution in [3.63, 3.8) is 0 Å². The lowest BCUT2D eigenvalue weighted by Crippen LogP contribution is -3.28. The van der Waals surface area contributed by atoms with E-state index in [-0.39, 0.29) is 5.91 Å². The molecule has 6 heteroatoms. The van der Waals surface area contributed by atoms with E-state index in [1.54, 1.807) is 0 Å². The maximum atomic E-state index is 13.1. The van der Waals surface area contributed by atoms with Gasteiger partial charge in [0.05, 0.1) is 0 Å². The standard InChI is InChI=1S/C25H38N4O2/c1-19-7-5-8-20(2)25(19)26-23(30)17-27-13-15-28(16-14-27)18-24(31)29-12-6-10-21-9-3-4-11-22(21)29/h5,7-8,21-22H,3-4,6,9-18H2,1-2H3,(H,26,30)/p+2/t21-,22-/m1/s1. The average Bonchev–Trinajstić information content (AvgIpc) is 2.77. The third kappa shape index (κ3) is 5.47. The first kappa shape index (κ1) is 22.3. The number of nitrogens with one attached hydrogen (secondary N) is 3. The van der Waals surface area contributed by atoms with Gasteiger partial charge in [-0.2, -0.15) is 0 Å². The number of hydrogen-bond donors (Lipinski definition) is 3. The zero-order valence-electron chi connectivity index (χ0n) is 19.3. The number of amides is 2. The molecule has 0 spiro atoms. The molecule has 2 heterocycles. The van der Waals surface area contributed by atoms with Crippen LogP contribution in [-0.2, 0) is 9.59 Å². The van der Waals surface area contributed by atoms with Gasteiger partial charge in [-0.3, -0.25) is 9.59 Å². The predicted octanol–water partition coefficient (Wildman–Crippen LogP) is 0.207. The molecule has 1 aromatic carbocycles. The molecule has 0 bridgehead atoms. The summed E-state index contributed by atoms with van der Waals surface area (Å²) in [6.07, 6.45) is 7.63. The second-order valence-electron chi connectivity index (χ2n) is 10.0. The summed E-state index contributed by atoms with van der Waals surface area (Å²) < 4.78 is 0. The number of nitrogens with zero attached hydrogens (tertiary/aromatic N) is 1. The van der Waals surface area contributed by atoms with Crippen LogP contribution in [0.2, 0.25) is 0 Å². The van der Waals surface area contributed by atoms with E-state index >= 15 is 0 Å². The highest BCUT2D eigenvalue weighted by Gasteiger charge is 2.37. The molecule has 3 fully saturated rings. The Kier molecular flexibility index (Phi) is 7.28. The van der Waals surface area contributed by atoms with E-state index in [1.165, 1.54) is 48.3 Å². The summed E-state index contributed by atoms with van der Waals surface area (Å²) in [7, 11) is 0. The lowest BCUT2D eigenvalue weighted by Gasteiger charge is -2.44. The van der Waals surface area contributed by atoms with Crippen molar-refractivity contribution in [1.29, 1.82) is 0 Å². The van der Waals surface area contributed by atoms with Crippen molar-refractivity contribution in [1.82, 2.24) is 4.90 Å². The fourth-order valence-electron chi connectivity index (χ4n) is 5.98. The number of fused-ring (bicyclic) bond motifs is 1. The number of aryl methyl sites for hydroxylation is 2. The van der Waals surface area contributed by atoms with Crippen LogP contribution in [0.4, 0.5) is 5.69 Å². The van der Waals surface area contributed by atoms with Gasteiger partial charge in [0.1, 0.15) is 26.2 Å². The molecule has 2 saturated heterocycles. The molecule has 1 aliphatic carbocycles. The van der Waals surface area contributed by atoms with Crippen LogP contribution >= 0.6 is 0 Å². The van der Waals surface area contributed by atoms with Crippen molar-refractivity contribution in [2.75, 3.05) is 51.1 Å². The lowest BCUT2D eigenvalue weighted by molar-refractivity contribution is -1.00. The molecule has 4 rings (SSSR count). The van der Waals surface area contributed by atoms with Gasteiger partial charge in [-0.1, -0.05) is 31.0 Å². The predicted molar refractivity (Wildman–Crippen MR) is 122 cm³/mol. The smallest absolute Gasteiger partial charge is 0.279 e. The van der Waals surface area contributed by atoms with E-state index < -0.39 is 0 Å². The second-order valence-corrected chi connectivity index (χ2v) is 10.0. The van der Waals surface area contributed by atoms with Crippen LogP contribution in [0.1, 0.15) is 49.7 Å². The average molecular weight is 429 g/mol. The number of rotatable bonds is 5. The van der Waals surface area contributed by atoms with Gasteiger partial charge in [-0.05, 0) is 56.6 Å². The number of quaternary nitrogens is 2. The molecule has 2 amide bonds. The number of para-hydroxylation sites is 1. The maximum Gasteiger partial charge on any atom is 0.279 e. The molecule has 2 aliphatic heterocycles. The third-order valence-electron chi connectivity index (χ3n) is 7.79. The number of hydrogen-bond acceptors (Lipinski definition) is 2. The van der Waals surface area contributed by atoms with Crippen LogP contribution < -0.4 is 15.1 Å². The summed E-state index contributed by atoms with van der Waals surface area (Å²) in [5.74, 6) is 1.20. The monoisotopic (exact) mass is 428 g/mol. The number of piperazine rings is 1. The molecule has 3 aliphatic rings. The molecular weight excluding hydrogens is 388 g/mol. The summed E-state index contributed by atoms with van der Waals surface area (Å²) in [6, 6.07) is 6.60. The van der Waals surface area contributed by atoms with Crippen molar-refractivity contribution in [2.45, 2.75) is 58.4 Å². The zero-order valence-corrected chi connectivity index (χ0v) is 19.3. The Morgan fingerprint density at radius 2 is 1.55 bits per heavy atom. The first-order chi connectivity index (χ1) is 15.0. The molecule has 31 heavy (non-hydrogen) atoms. The van der Waals surface area contributed by atoms with Crippen LogP contribution in [0.3, 0.4) is 0 Å². The van der Waals surface area contributed by atoms with Crippen LogP contribution in [-0.4, -0.2) is 68.6 Å². The molecular formula is C25H40N4O2+2. The Balaban J connectivity index is 1.22. The molecule has 0 unspecified atom stereocenters. The van der Waals surface area contributed by atoms with Crippen LogP contribution in [0.25, 0.3) is 0 Å². The van der Waals surface area contributed by atoms with E-state index in [1.807, 2.05) is 32.0 Å². The fraction of sp³-hybridized carbons (Fsp3) is 0.680. The number of carbonyl (C=O) groups excluding carboxylic acids is 2.